The highest BCUT2D eigenvalue weighted by atomic mass is 16.5. The van der Waals surface area contributed by atoms with Crippen LogP contribution in [0.5, 0.6) is 5.75 Å². The van der Waals surface area contributed by atoms with Gasteiger partial charge in [0, 0.05) is 23.6 Å². The fourth-order valence-electron chi connectivity index (χ4n) is 5.43. The summed E-state index contributed by atoms with van der Waals surface area (Å²) in [5, 5.41) is 6.26. The average molecular weight is 440 g/mol. The Hall–Kier alpha value is -3.80. The Morgan fingerprint density at radius 2 is 1.76 bits per heavy atom. The van der Waals surface area contributed by atoms with E-state index in [-0.39, 0.29) is 24.0 Å². The number of hydrogen-bond donors (Lipinski definition) is 2. The molecule has 3 aliphatic rings. The lowest BCUT2D eigenvalue weighted by Gasteiger charge is -2.50. The van der Waals surface area contributed by atoms with Gasteiger partial charge in [0.25, 0.3) is 5.91 Å². The molecule has 3 aromatic carbocycles. The predicted molar refractivity (Wildman–Crippen MR) is 125 cm³/mol. The van der Waals surface area contributed by atoms with E-state index in [2.05, 4.69) is 22.8 Å². The molecule has 1 saturated heterocycles. The first kappa shape index (κ1) is 19.9. The minimum Gasteiger partial charge on any atom is -0.467 e. The number of carbonyl (C=O) groups is 2. The lowest BCUT2D eigenvalue weighted by molar-refractivity contribution is 0.0378. The number of anilines is 1. The summed E-state index contributed by atoms with van der Waals surface area (Å²) >= 11 is 0. The van der Waals surface area contributed by atoms with E-state index in [1.165, 1.54) is 11.1 Å². The number of fused-ring (bicyclic) bond motifs is 5. The molecular weight excluding hydrogens is 414 g/mol. The van der Waals surface area contributed by atoms with Gasteiger partial charge in [0.2, 0.25) is 0 Å². The second-order valence-electron chi connectivity index (χ2n) is 9.25. The molecule has 33 heavy (non-hydrogen) atoms. The molecule has 0 spiro atoms. The van der Waals surface area contributed by atoms with E-state index in [0.29, 0.717) is 17.7 Å². The number of urea groups is 1. The molecule has 0 radical (unpaired) electrons. The Morgan fingerprint density at radius 1 is 1.03 bits per heavy atom. The second-order valence-corrected chi connectivity index (χ2v) is 9.25. The van der Waals surface area contributed by atoms with Crippen molar-refractivity contribution in [1.82, 2.24) is 10.6 Å². The number of amides is 3. The van der Waals surface area contributed by atoms with Crippen molar-refractivity contribution in [2.45, 2.75) is 44.0 Å². The zero-order valence-corrected chi connectivity index (χ0v) is 18.4. The molecule has 0 aromatic heterocycles. The van der Waals surface area contributed by atoms with Crippen LogP contribution in [0.1, 0.15) is 46.4 Å². The summed E-state index contributed by atoms with van der Waals surface area (Å²) in [4.78, 5) is 27.8. The fourth-order valence-corrected chi connectivity index (χ4v) is 5.43. The monoisotopic (exact) mass is 439 g/mol. The Kier molecular flexibility index (Phi) is 4.43. The van der Waals surface area contributed by atoms with E-state index in [9.17, 15) is 9.59 Å². The Balaban J connectivity index is 1.25. The standard InChI is InChI=1S/C27H25N3O3/c1-27-16-23(22-11-4-5-12-24(22)33-27)29-26(32)30(27)21-10-6-9-19(15-21)25(31)28-20-13-17-7-2-3-8-18(17)14-20/h2-12,15,20,23H,13-14,16H2,1H3,(H,28,31)(H,29,32). The Bertz CT molecular complexity index is 1250. The molecule has 2 heterocycles. The molecule has 2 bridgehead atoms. The molecule has 0 saturated carbocycles. The first-order valence-corrected chi connectivity index (χ1v) is 11.4. The van der Waals surface area contributed by atoms with E-state index < -0.39 is 5.72 Å². The number of rotatable bonds is 3. The molecule has 6 nitrogen and oxygen atoms in total. The fraction of sp³-hybridized carbons (Fsp3) is 0.259. The van der Waals surface area contributed by atoms with Crippen LogP contribution in [0.15, 0.2) is 72.8 Å². The van der Waals surface area contributed by atoms with Crippen LogP contribution in [0, 0.1) is 0 Å². The third-order valence-electron chi connectivity index (χ3n) is 6.93. The highest BCUT2D eigenvalue weighted by Crippen LogP contribution is 2.45. The van der Waals surface area contributed by atoms with Gasteiger partial charge in [-0.15, -0.1) is 0 Å². The molecule has 166 valence electrons. The van der Waals surface area contributed by atoms with Gasteiger partial charge < -0.3 is 15.4 Å². The second kappa shape index (κ2) is 7.37. The molecule has 3 amide bonds. The first-order valence-electron chi connectivity index (χ1n) is 11.4. The maximum absolute atomic E-state index is 13.1. The number of hydrogen-bond acceptors (Lipinski definition) is 3. The van der Waals surface area contributed by atoms with Crippen LogP contribution >= 0.6 is 0 Å². The zero-order valence-electron chi connectivity index (χ0n) is 18.4. The summed E-state index contributed by atoms with van der Waals surface area (Å²) in [6.07, 6.45) is 2.29. The molecule has 3 aromatic rings. The van der Waals surface area contributed by atoms with E-state index in [1.54, 1.807) is 17.0 Å². The predicted octanol–water partition coefficient (Wildman–Crippen LogP) is 4.35. The number of benzene rings is 3. The van der Waals surface area contributed by atoms with E-state index >= 15 is 0 Å². The number of carbonyl (C=O) groups excluding carboxylic acids is 2. The molecule has 1 aliphatic carbocycles. The van der Waals surface area contributed by atoms with Crippen LogP contribution in [0.4, 0.5) is 10.5 Å². The molecule has 1 fully saturated rings. The van der Waals surface area contributed by atoms with E-state index in [4.69, 9.17) is 4.74 Å². The van der Waals surface area contributed by atoms with Crippen molar-refractivity contribution in [3.63, 3.8) is 0 Å². The topological polar surface area (TPSA) is 70.7 Å². The third-order valence-corrected chi connectivity index (χ3v) is 6.93. The van der Waals surface area contributed by atoms with Crippen LogP contribution < -0.4 is 20.3 Å². The minimum absolute atomic E-state index is 0.0771. The summed E-state index contributed by atoms with van der Waals surface area (Å²) < 4.78 is 6.34. The number of nitrogens with one attached hydrogen (secondary N) is 2. The summed E-state index contributed by atoms with van der Waals surface area (Å²) in [5.41, 5.74) is 3.89. The zero-order chi connectivity index (χ0) is 22.6. The van der Waals surface area contributed by atoms with Crippen molar-refractivity contribution in [2.24, 2.45) is 0 Å². The van der Waals surface area contributed by atoms with Gasteiger partial charge in [-0.05, 0) is 55.2 Å². The smallest absolute Gasteiger partial charge is 0.325 e. The van der Waals surface area contributed by atoms with Gasteiger partial charge in [0.1, 0.15) is 5.75 Å². The van der Waals surface area contributed by atoms with Crippen molar-refractivity contribution < 1.29 is 14.3 Å². The van der Waals surface area contributed by atoms with Gasteiger partial charge in [-0.3, -0.25) is 9.69 Å². The highest BCUT2D eigenvalue weighted by molar-refractivity contribution is 5.99. The molecule has 6 heteroatoms. The molecule has 6 rings (SSSR count). The molecule has 2 N–H and O–H groups in total. The van der Waals surface area contributed by atoms with Crippen LogP contribution in [0.3, 0.4) is 0 Å². The van der Waals surface area contributed by atoms with Gasteiger partial charge >= 0.3 is 6.03 Å². The van der Waals surface area contributed by atoms with Gasteiger partial charge in [-0.2, -0.15) is 0 Å². The van der Waals surface area contributed by atoms with Crippen molar-refractivity contribution in [3.8, 4) is 5.75 Å². The van der Waals surface area contributed by atoms with Crippen molar-refractivity contribution in [2.75, 3.05) is 4.90 Å². The molecule has 2 aliphatic heterocycles. The van der Waals surface area contributed by atoms with Crippen LogP contribution in [0.2, 0.25) is 0 Å². The van der Waals surface area contributed by atoms with Crippen molar-refractivity contribution >= 4 is 17.6 Å². The average Bonchev–Trinajstić information content (AvgIpc) is 3.21. The normalized spacial score (nSPS) is 23.2. The third kappa shape index (κ3) is 3.33. The Morgan fingerprint density at radius 3 is 2.55 bits per heavy atom. The van der Waals surface area contributed by atoms with E-state index in [1.807, 2.05) is 55.5 Å². The summed E-state index contributed by atoms with van der Waals surface area (Å²) in [5.74, 6) is 0.640. The lowest BCUT2D eigenvalue weighted by Crippen LogP contribution is -2.65. The summed E-state index contributed by atoms with van der Waals surface area (Å²) in [6, 6.07) is 23.1. The maximum Gasteiger partial charge on any atom is 0.325 e. The molecule has 2 unspecified atom stereocenters. The highest BCUT2D eigenvalue weighted by Gasteiger charge is 2.49. The number of ether oxygens (including phenoxy) is 1. The van der Waals surface area contributed by atoms with Crippen LogP contribution in [0.25, 0.3) is 0 Å². The maximum atomic E-state index is 13.1. The van der Waals surface area contributed by atoms with E-state index in [0.717, 1.165) is 24.2 Å². The van der Waals surface area contributed by atoms with Crippen LogP contribution in [-0.2, 0) is 12.8 Å². The molecule has 2 atom stereocenters. The molecular formula is C27H25N3O3. The van der Waals surface area contributed by atoms with Crippen molar-refractivity contribution in [1.29, 1.82) is 0 Å². The lowest BCUT2D eigenvalue weighted by atomic mass is 9.90. The minimum atomic E-state index is -0.844. The largest absolute Gasteiger partial charge is 0.467 e. The quantitative estimate of drug-likeness (QED) is 0.637. The van der Waals surface area contributed by atoms with Crippen LogP contribution in [-0.4, -0.2) is 23.7 Å². The first-order chi connectivity index (χ1) is 16.0. The van der Waals surface area contributed by atoms with Crippen molar-refractivity contribution in [3.05, 3.63) is 95.1 Å². The number of para-hydroxylation sites is 1. The Labute approximate surface area is 192 Å². The summed E-state index contributed by atoms with van der Waals surface area (Å²) in [6.45, 7) is 1.93. The summed E-state index contributed by atoms with van der Waals surface area (Å²) in [7, 11) is 0. The van der Waals surface area contributed by atoms with Gasteiger partial charge in [-0.1, -0.05) is 48.5 Å². The number of nitrogens with zero attached hydrogens (tertiary/aromatic N) is 1. The van der Waals surface area contributed by atoms with Gasteiger partial charge in [0.15, 0.2) is 5.72 Å². The SMILES string of the molecule is CC12CC(NC(=O)N1c1cccc(C(=O)NC3Cc4ccccc4C3)c1)c1ccccc1O2. The van der Waals surface area contributed by atoms with Gasteiger partial charge in [0.05, 0.1) is 11.7 Å². The van der Waals surface area contributed by atoms with Gasteiger partial charge in [-0.25, -0.2) is 4.79 Å².